The Morgan fingerprint density at radius 2 is 1.83 bits per heavy atom. The van der Waals surface area contributed by atoms with Crippen molar-refractivity contribution in [1.82, 2.24) is 4.72 Å². The van der Waals surface area contributed by atoms with Crippen LogP contribution in [0.5, 0.6) is 0 Å². The molecule has 1 fully saturated rings. The zero-order valence-electron chi connectivity index (χ0n) is 11.0. The van der Waals surface area contributed by atoms with Crippen LogP contribution in [-0.4, -0.2) is 14.5 Å². The Kier molecular flexibility index (Phi) is 3.25. The van der Waals surface area contributed by atoms with E-state index in [0.29, 0.717) is 4.90 Å². The molecule has 0 spiro atoms. The van der Waals surface area contributed by atoms with Crippen LogP contribution in [0.2, 0.25) is 0 Å². The second kappa shape index (κ2) is 4.33. The molecule has 0 heterocycles. The molecule has 2 unspecified atom stereocenters. The predicted octanol–water partition coefficient (Wildman–Crippen LogP) is 1.78. The van der Waals surface area contributed by atoms with Crippen LogP contribution in [0.3, 0.4) is 0 Å². The second-order valence-electron chi connectivity index (χ2n) is 5.72. The molecule has 18 heavy (non-hydrogen) atoms. The zero-order valence-corrected chi connectivity index (χ0v) is 11.8. The molecule has 5 heteroatoms. The molecule has 4 nitrogen and oxygen atoms in total. The van der Waals surface area contributed by atoms with Crippen LogP contribution in [-0.2, 0) is 10.0 Å². The summed E-state index contributed by atoms with van der Waals surface area (Å²) in [5.41, 5.74) is 6.75. The largest absolute Gasteiger partial charge is 0.324 e. The predicted molar refractivity (Wildman–Crippen MR) is 71.6 cm³/mol. The van der Waals surface area contributed by atoms with Gasteiger partial charge in [-0.05, 0) is 36.5 Å². The Bertz CT molecular complexity index is 533. The second-order valence-corrected chi connectivity index (χ2v) is 7.44. The highest BCUT2D eigenvalue weighted by molar-refractivity contribution is 7.89. The minimum Gasteiger partial charge on any atom is -0.324 e. The number of hydrogen-bond donors (Lipinski definition) is 2. The van der Waals surface area contributed by atoms with E-state index >= 15 is 0 Å². The number of rotatable bonds is 4. The maximum Gasteiger partial charge on any atom is 0.240 e. The normalized spacial score (nSPS) is 23.7. The maximum absolute atomic E-state index is 12.1. The summed E-state index contributed by atoms with van der Waals surface area (Å²) in [6.07, 6.45) is 0.893. The first-order valence-corrected chi connectivity index (χ1v) is 7.58. The van der Waals surface area contributed by atoms with Gasteiger partial charge in [-0.1, -0.05) is 26.0 Å². The highest BCUT2D eigenvalue weighted by Gasteiger charge is 2.47. The van der Waals surface area contributed by atoms with Crippen molar-refractivity contribution in [2.75, 3.05) is 0 Å². The summed E-state index contributed by atoms with van der Waals surface area (Å²) in [4.78, 5) is 0.301. The molecule has 0 saturated heterocycles. The molecule has 1 aromatic rings. The number of sulfonamides is 1. The molecular formula is C13H20N2O2S. The summed E-state index contributed by atoms with van der Waals surface area (Å²) in [7, 11) is -3.40. The van der Waals surface area contributed by atoms with E-state index in [-0.39, 0.29) is 17.5 Å². The number of nitrogens with one attached hydrogen (secondary N) is 1. The average Bonchev–Trinajstić information content (AvgIpc) is 2.85. The zero-order chi connectivity index (χ0) is 13.6. The van der Waals surface area contributed by atoms with Gasteiger partial charge in [0.25, 0.3) is 0 Å². The van der Waals surface area contributed by atoms with Crippen LogP contribution in [0.1, 0.15) is 38.8 Å². The minimum absolute atomic E-state index is 0.0515. The lowest BCUT2D eigenvalue weighted by Gasteiger charge is -2.10. The van der Waals surface area contributed by atoms with E-state index in [0.717, 1.165) is 12.0 Å². The Morgan fingerprint density at radius 1 is 1.33 bits per heavy atom. The molecule has 1 aliphatic carbocycles. The Labute approximate surface area is 109 Å². The van der Waals surface area contributed by atoms with E-state index in [9.17, 15) is 8.42 Å². The molecule has 2 rings (SSSR count). The SMILES string of the molecule is CC(N)c1ccc(S(=O)(=O)NC2CC2(C)C)cc1. The third-order valence-corrected chi connectivity index (χ3v) is 5.01. The highest BCUT2D eigenvalue weighted by Crippen LogP contribution is 2.45. The van der Waals surface area contributed by atoms with Crippen molar-refractivity contribution in [3.8, 4) is 0 Å². The van der Waals surface area contributed by atoms with Gasteiger partial charge in [0, 0.05) is 12.1 Å². The molecule has 0 aliphatic heterocycles. The topological polar surface area (TPSA) is 72.2 Å². The molecule has 0 bridgehead atoms. The lowest BCUT2D eigenvalue weighted by molar-refractivity contribution is 0.555. The van der Waals surface area contributed by atoms with E-state index in [1.165, 1.54) is 0 Å². The van der Waals surface area contributed by atoms with Gasteiger partial charge in [-0.2, -0.15) is 0 Å². The molecule has 1 aliphatic rings. The standard InChI is InChI=1S/C13H20N2O2S/c1-9(14)10-4-6-11(7-5-10)18(16,17)15-12-8-13(12,2)3/h4-7,9,12,15H,8,14H2,1-3H3. The van der Waals surface area contributed by atoms with Gasteiger partial charge in [0.1, 0.15) is 0 Å². The van der Waals surface area contributed by atoms with Gasteiger partial charge >= 0.3 is 0 Å². The fraction of sp³-hybridized carbons (Fsp3) is 0.538. The van der Waals surface area contributed by atoms with E-state index in [1.54, 1.807) is 24.3 Å². The van der Waals surface area contributed by atoms with E-state index in [1.807, 2.05) is 6.92 Å². The quantitative estimate of drug-likeness (QED) is 0.874. The summed E-state index contributed by atoms with van der Waals surface area (Å²) < 4.78 is 26.9. The van der Waals surface area contributed by atoms with Crippen LogP contribution in [0.15, 0.2) is 29.2 Å². The Morgan fingerprint density at radius 3 is 2.22 bits per heavy atom. The van der Waals surface area contributed by atoms with E-state index < -0.39 is 10.0 Å². The molecule has 2 atom stereocenters. The molecule has 0 amide bonds. The smallest absolute Gasteiger partial charge is 0.240 e. The number of hydrogen-bond acceptors (Lipinski definition) is 3. The van der Waals surface area contributed by atoms with Gasteiger partial charge in [0.15, 0.2) is 0 Å². The number of nitrogens with two attached hydrogens (primary N) is 1. The number of benzene rings is 1. The van der Waals surface area contributed by atoms with E-state index in [2.05, 4.69) is 18.6 Å². The Hall–Kier alpha value is -0.910. The molecule has 1 saturated carbocycles. The summed E-state index contributed by atoms with van der Waals surface area (Å²) in [6, 6.07) is 6.70. The lowest BCUT2D eigenvalue weighted by Crippen LogP contribution is -2.28. The molecule has 100 valence electrons. The van der Waals surface area contributed by atoms with Crippen LogP contribution >= 0.6 is 0 Å². The summed E-state index contributed by atoms with van der Waals surface area (Å²) in [5.74, 6) is 0. The minimum atomic E-state index is -3.40. The van der Waals surface area contributed by atoms with Crippen LogP contribution < -0.4 is 10.5 Å². The van der Waals surface area contributed by atoms with Crippen molar-refractivity contribution >= 4 is 10.0 Å². The van der Waals surface area contributed by atoms with Gasteiger partial charge in [-0.3, -0.25) is 0 Å². The van der Waals surface area contributed by atoms with Gasteiger partial charge in [0.05, 0.1) is 4.90 Å². The third-order valence-electron chi connectivity index (χ3n) is 3.53. The first-order chi connectivity index (χ1) is 8.22. The first kappa shape index (κ1) is 13.5. The molecule has 3 N–H and O–H groups in total. The molecular weight excluding hydrogens is 248 g/mol. The highest BCUT2D eigenvalue weighted by atomic mass is 32.2. The Balaban J connectivity index is 2.15. The maximum atomic E-state index is 12.1. The summed E-state index contributed by atoms with van der Waals surface area (Å²) in [5, 5.41) is 0. The van der Waals surface area contributed by atoms with Gasteiger partial charge < -0.3 is 5.73 Å². The lowest BCUT2D eigenvalue weighted by atomic mass is 10.1. The van der Waals surface area contributed by atoms with Gasteiger partial charge in [0.2, 0.25) is 10.0 Å². The van der Waals surface area contributed by atoms with Crippen molar-refractivity contribution in [2.24, 2.45) is 11.1 Å². The third kappa shape index (κ3) is 2.74. The van der Waals surface area contributed by atoms with Gasteiger partial charge in [-0.25, -0.2) is 13.1 Å². The summed E-state index contributed by atoms with van der Waals surface area (Å²) >= 11 is 0. The molecule has 0 radical (unpaired) electrons. The fourth-order valence-electron chi connectivity index (χ4n) is 1.87. The van der Waals surface area contributed by atoms with E-state index in [4.69, 9.17) is 5.73 Å². The van der Waals surface area contributed by atoms with Crippen molar-refractivity contribution in [1.29, 1.82) is 0 Å². The monoisotopic (exact) mass is 268 g/mol. The van der Waals surface area contributed by atoms with Crippen LogP contribution in [0.25, 0.3) is 0 Å². The van der Waals surface area contributed by atoms with Crippen molar-refractivity contribution in [2.45, 2.75) is 44.2 Å². The van der Waals surface area contributed by atoms with Crippen molar-refractivity contribution in [3.05, 3.63) is 29.8 Å². The molecule has 0 aromatic heterocycles. The van der Waals surface area contributed by atoms with Crippen LogP contribution in [0.4, 0.5) is 0 Å². The summed E-state index contributed by atoms with van der Waals surface area (Å²) in [6.45, 7) is 5.98. The first-order valence-electron chi connectivity index (χ1n) is 6.10. The van der Waals surface area contributed by atoms with Crippen molar-refractivity contribution < 1.29 is 8.42 Å². The van der Waals surface area contributed by atoms with Crippen molar-refractivity contribution in [3.63, 3.8) is 0 Å². The fourth-order valence-corrected chi connectivity index (χ4v) is 3.28. The van der Waals surface area contributed by atoms with Crippen LogP contribution in [0, 0.1) is 5.41 Å². The van der Waals surface area contributed by atoms with Gasteiger partial charge in [-0.15, -0.1) is 0 Å². The average molecular weight is 268 g/mol. The molecule has 1 aromatic carbocycles.